The summed E-state index contributed by atoms with van der Waals surface area (Å²) in [5.74, 6) is 0.803. The lowest BCUT2D eigenvalue weighted by Crippen LogP contribution is -2.31. The maximum atomic E-state index is 12.8. The first-order valence-corrected chi connectivity index (χ1v) is 8.94. The average Bonchev–Trinajstić information content (AvgIpc) is 2.64. The highest BCUT2D eigenvalue weighted by Crippen LogP contribution is 2.36. The Hall–Kier alpha value is -1.07. The van der Waals surface area contributed by atoms with E-state index in [1.54, 1.807) is 0 Å². The van der Waals surface area contributed by atoms with Crippen molar-refractivity contribution in [2.24, 2.45) is 5.92 Å². The van der Waals surface area contributed by atoms with E-state index < -0.39 is 0 Å². The third-order valence-electron chi connectivity index (χ3n) is 4.19. The minimum Gasteiger partial charge on any atom is -0.397 e. The summed E-state index contributed by atoms with van der Waals surface area (Å²) in [6.45, 7) is 3.96. The zero-order chi connectivity index (χ0) is 15.0. The number of hydrogen-bond acceptors (Lipinski definition) is 3. The molecule has 1 aromatic heterocycles. The van der Waals surface area contributed by atoms with E-state index in [4.69, 9.17) is 5.73 Å². The molecule has 2 heterocycles. The number of fused-ring (bicyclic) bond motifs is 1. The second-order valence-corrected chi connectivity index (χ2v) is 7.78. The molecule has 3 nitrogen and oxygen atoms in total. The fraction of sp³-hybridized carbons (Fsp3) is 0.438. The summed E-state index contributed by atoms with van der Waals surface area (Å²) < 4.78 is 2.06. The third kappa shape index (κ3) is 2.94. The molecule has 0 aliphatic carbocycles. The van der Waals surface area contributed by atoms with E-state index in [2.05, 4.69) is 22.9 Å². The molecule has 1 atom stereocenters. The highest BCUT2D eigenvalue weighted by molar-refractivity contribution is 9.10. The molecule has 1 saturated heterocycles. The normalized spacial score (nSPS) is 19.7. The van der Waals surface area contributed by atoms with Gasteiger partial charge in [-0.15, -0.1) is 11.3 Å². The lowest BCUT2D eigenvalue weighted by atomic mass is 10.0. The number of rotatable bonds is 1. The minimum absolute atomic E-state index is 0.0962. The smallest absolute Gasteiger partial charge is 0.266 e. The Balaban J connectivity index is 1.92. The first kappa shape index (κ1) is 14.9. The monoisotopic (exact) mass is 366 g/mol. The van der Waals surface area contributed by atoms with Crippen molar-refractivity contribution in [2.45, 2.75) is 26.2 Å². The van der Waals surface area contributed by atoms with E-state index in [1.165, 1.54) is 17.8 Å². The fourth-order valence-electron chi connectivity index (χ4n) is 2.86. The Morgan fingerprint density at radius 2 is 2.19 bits per heavy atom. The molecule has 1 unspecified atom stereocenters. The second kappa shape index (κ2) is 5.97. The topological polar surface area (TPSA) is 46.3 Å². The van der Waals surface area contributed by atoms with Crippen LogP contribution in [-0.4, -0.2) is 23.9 Å². The van der Waals surface area contributed by atoms with Gasteiger partial charge in [-0.1, -0.05) is 22.9 Å². The van der Waals surface area contributed by atoms with Gasteiger partial charge in [-0.05, 0) is 43.4 Å². The van der Waals surface area contributed by atoms with Crippen LogP contribution in [0.3, 0.4) is 0 Å². The Morgan fingerprint density at radius 1 is 1.38 bits per heavy atom. The van der Waals surface area contributed by atoms with Gasteiger partial charge in [0.05, 0.1) is 5.69 Å². The molecule has 1 amide bonds. The molecule has 0 saturated carbocycles. The summed E-state index contributed by atoms with van der Waals surface area (Å²) in [5, 5.41) is 0.973. The van der Waals surface area contributed by atoms with Gasteiger partial charge in [-0.3, -0.25) is 4.79 Å². The summed E-state index contributed by atoms with van der Waals surface area (Å²) in [6.07, 6.45) is 3.38. The summed E-state index contributed by atoms with van der Waals surface area (Å²) in [7, 11) is 0. The number of nitrogens with zero attached hydrogens (tertiary/aromatic N) is 1. The first-order valence-electron chi connectivity index (χ1n) is 7.33. The predicted molar refractivity (Wildman–Crippen MR) is 92.9 cm³/mol. The van der Waals surface area contributed by atoms with Gasteiger partial charge in [0.25, 0.3) is 5.91 Å². The largest absolute Gasteiger partial charge is 0.397 e. The van der Waals surface area contributed by atoms with Crippen molar-refractivity contribution in [1.29, 1.82) is 0 Å². The number of anilines is 1. The molecule has 0 spiro atoms. The van der Waals surface area contributed by atoms with Crippen LogP contribution < -0.4 is 5.73 Å². The lowest BCUT2D eigenvalue weighted by molar-refractivity contribution is 0.0766. The van der Waals surface area contributed by atoms with Gasteiger partial charge < -0.3 is 10.6 Å². The van der Waals surface area contributed by atoms with E-state index in [1.807, 2.05) is 23.1 Å². The molecule has 1 aliphatic heterocycles. The van der Waals surface area contributed by atoms with Crippen LogP contribution in [-0.2, 0) is 0 Å². The van der Waals surface area contributed by atoms with Crippen molar-refractivity contribution >= 4 is 48.9 Å². The fourth-order valence-corrected chi connectivity index (χ4v) is 4.29. The number of benzene rings is 1. The number of halogens is 1. The predicted octanol–water partition coefficient (Wildman–Crippen LogP) is 4.51. The standard InChI is InChI=1S/C16H19BrN2OS/c1-10-3-2-7-19(8-6-10)16(20)15-14(18)12-9-11(17)4-5-13(12)21-15/h4-5,9-10H,2-3,6-8,18H2,1H3. The zero-order valence-corrected chi connectivity index (χ0v) is 14.5. The number of thiophene rings is 1. The van der Waals surface area contributed by atoms with Gasteiger partial charge in [-0.25, -0.2) is 0 Å². The molecule has 21 heavy (non-hydrogen) atoms. The average molecular weight is 367 g/mol. The van der Waals surface area contributed by atoms with E-state index in [0.29, 0.717) is 16.5 Å². The maximum Gasteiger partial charge on any atom is 0.266 e. The van der Waals surface area contributed by atoms with E-state index in [-0.39, 0.29) is 5.91 Å². The molecule has 112 valence electrons. The summed E-state index contributed by atoms with van der Waals surface area (Å²) in [6, 6.07) is 5.99. The quantitative estimate of drug-likeness (QED) is 0.806. The maximum absolute atomic E-state index is 12.8. The SMILES string of the molecule is CC1CCCN(C(=O)c2sc3ccc(Br)cc3c2N)CC1. The Kier molecular flexibility index (Phi) is 4.22. The third-order valence-corrected chi connectivity index (χ3v) is 5.85. The molecule has 5 heteroatoms. The molecule has 2 N–H and O–H groups in total. The minimum atomic E-state index is 0.0962. The van der Waals surface area contributed by atoms with Gasteiger partial charge in [0.1, 0.15) is 4.88 Å². The molecule has 1 fully saturated rings. The van der Waals surface area contributed by atoms with Crippen molar-refractivity contribution in [3.05, 3.63) is 27.5 Å². The number of carbonyl (C=O) groups is 1. The highest BCUT2D eigenvalue weighted by atomic mass is 79.9. The summed E-state index contributed by atoms with van der Waals surface area (Å²) in [4.78, 5) is 15.4. The van der Waals surface area contributed by atoms with Crippen molar-refractivity contribution in [2.75, 3.05) is 18.8 Å². The van der Waals surface area contributed by atoms with Crippen LogP contribution in [0.15, 0.2) is 22.7 Å². The van der Waals surface area contributed by atoms with Crippen LogP contribution in [0.25, 0.3) is 10.1 Å². The Morgan fingerprint density at radius 3 is 3.00 bits per heavy atom. The molecule has 0 radical (unpaired) electrons. The number of amides is 1. The summed E-state index contributed by atoms with van der Waals surface area (Å²) >= 11 is 4.97. The van der Waals surface area contributed by atoms with Gasteiger partial charge in [-0.2, -0.15) is 0 Å². The van der Waals surface area contributed by atoms with Crippen molar-refractivity contribution in [3.8, 4) is 0 Å². The Bertz CT molecular complexity index is 682. The van der Waals surface area contributed by atoms with Crippen LogP contribution in [0.4, 0.5) is 5.69 Å². The van der Waals surface area contributed by atoms with Crippen LogP contribution >= 0.6 is 27.3 Å². The summed E-state index contributed by atoms with van der Waals surface area (Å²) in [5.41, 5.74) is 6.85. The van der Waals surface area contributed by atoms with Gasteiger partial charge in [0.15, 0.2) is 0 Å². The molecule has 3 rings (SSSR count). The molecule has 1 aliphatic rings. The van der Waals surface area contributed by atoms with Gasteiger partial charge in [0.2, 0.25) is 0 Å². The van der Waals surface area contributed by atoms with Crippen LogP contribution in [0, 0.1) is 5.92 Å². The van der Waals surface area contributed by atoms with E-state index >= 15 is 0 Å². The van der Waals surface area contributed by atoms with E-state index in [9.17, 15) is 4.79 Å². The van der Waals surface area contributed by atoms with Gasteiger partial charge in [0, 0.05) is 27.6 Å². The number of likely N-dealkylation sites (tertiary alicyclic amines) is 1. The van der Waals surface area contributed by atoms with Crippen LogP contribution in [0.5, 0.6) is 0 Å². The Labute approximate surface area is 137 Å². The van der Waals surface area contributed by atoms with Crippen molar-refractivity contribution < 1.29 is 4.79 Å². The number of nitrogens with two attached hydrogens (primary N) is 1. The second-order valence-electron chi connectivity index (χ2n) is 5.81. The molecular formula is C16H19BrN2OS. The molecule has 1 aromatic carbocycles. The van der Waals surface area contributed by atoms with Crippen molar-refractivity contribution in [3.63, 3.8) is 0 Å². The number of nitrogen functional groups attached to an aromatic ring is 1. The molecule has 2 aromatic rings. The van der Waals surface area contributed by atoms with Crippen LogP contribution in [0.1, 0.15) is 35.9 Å². The first-order chi connectivity index (χ1) is 10.1. The number of hydrogen-bond donors (Lipinski definition) is 1. The van der Waals surface area contributed by atoms with Crippen molar-refractivity contribution in [1.82, 2.24) is 4.90 Å². The van der Waals surface area contributed by atoms with E-state index in [0.717, 1.165) is 40.5 Å². The lowest BCUT2D eigenvalue weighted by Gasteiger charge is -2.19. The zero-order valence-electron chi connectivity index (χ0n) is 12.1. The van der Waals surface area contributed by atoms with Crippen LogP contribution in [0.2, 0.25) is 0 Å². The van der Waals surface area contributed by atoms with Gasteiger partial charge >= 0.3 is 0 Å². The highest BCUT2D eigenvalue weighted by Gasteiger charge is 2.24. The molecule has 0 bridgehead atoms. The number of carbonyl (C=O) groups excluding carboxylic acids is 1. The molecular weight excluding hydrogens is 348 g/mol.